The fraction of sp³-hybridized carbons (Fsp3) is 0.462. The number of ether oxygens (including phenoxy) is 1. The van der Waals surface area contributed by atoms with Gasteiger partial charge in [-0.2, -0.15) is 0 Å². The Labute approximate surface area is 125 Å². The molecule has 19 heavy (non-hydrogen) atoms. The summed E-state index contributed by atoms with van der Waals surface area (Å²) >= 11 is 5.96. The van der Waals surface area contributed by atoms with Crippen molar-refractivity contribution in [2.75, 3.05) is 13.6 Å². The van der Waals surface area contributed by atoms with Gasteiger partial charge in [0.15, 0.2) is 6.10 Å². The normalized spacial score (nSPS) is 13.1. The summed E-state index contributed by atoms with van der Waals surface area (Å²) < 4.78 is 5.51. The van der Waals surface area contributed by atoms with Gasteiger partial charge in [0.2, 0.25) is 0 Å². The van der Waals surface area contributed by atoms with Crippen LogP contribution in [-0.4, -0.2) is 31.6 Å². The molecule has 2 unspecified atom stereocenters. The Bertz CT molecular complexity index is 402. The van der Waals surface area contributed by atoms with Crippen molar-refractivity contribution in [2.45, 2.75) is 26.0 Å². The first kappa shape index (κ1) is 18.0. The quantitative estimate of drug-likeness (QED) is 0.847. The zero-order chi connectivity index (χ0) is 13.5. The van der Waals surface area contributed by atoms with Crippen LogP contribution in [0.1, 0.15) is 13.8 Å². The van der Waals surface area contributed by atoms with E-state index in [-0.39, 0.29) is 24.4 Å². The number of likely N-dealkylation sites (N-methyl/N-ethyl adjacent to an activating group) is 1. The molecule has 4 nitrogen and oxygen atoms in total. The predicted octanol–water partition coefficient (Wildman–Crippen LogP) is 2.25. The van der Waals surface area contributed by atoms with Crippen LogP contribution in [0.2, 0.25) is 5.02 Å². The molecule has 0 heterocycles. The van der Waals surface area contributed by atoms with Gasteiger partial charge in [-0.15, -0.1) is 12.4 Å². The van der Waals surface area contributed by atoms with Gasteiger partial charge >= 0.3 is 0 Å². The van der Waals surface area contributed by atoms with Crippen molar-refractivity contribution < 1.29 is 9.53 Å². The van der Waals surface area contributed by atoms with E-state index in [1.807, 2.05) is 26.1 Å². The maximum absolute atomic E-state index is 11.8. The number of para-hydroxylation sites is 1. The number of rotatable bonds is 6. The van der Waals surface area contributed by atoms with Gasteiger partial charge in [-0.05, 0) is 33.0 Å². The van der Waals surface area contributed by atoms with Crippen LogP contribution >= 0.6 is 24.0 Å². The van der Waals surface area contributed by atoms with Crippen molar-refractivity contribution in [3.05, 3.63) is 29.3 Å². The number of amides is 1. The zero-order valence-electron chi connectivity index (χ0n) is 11.3. The average molecular weight is 307 g/mol. The minimum Gasteiger partial charge on any atom is -0.479 e. The average Bonchev–Trinajstić information content (AvgIpc) is 2.38. The van der Waals surface area contributed by atoms with E-state index >= 15 is 0 Å². The molecule has 1 amide bonds. The van der Waals surface area contributed by atoms with Gasteiger partial charge in [0.05, 0.1) is 5.02 Å². The predicted molar refractivity (Wildman–Crippen MR) is 80.3 cm³/mol. The molecule has 0 aliphatic rings. The van der Waals surface area contributed by atoms with Crippen LogP contribution in [0.15, 0.2) is 24.3 Å². The van der Waals surface area contributed by atoms with Crippen LogP contribution in [0.4, 0.5) is 0 Å². The van der Waals surface area contributed by atoms with Gasteiger partial charge in [-0.25, -0.2) is 0 Å². The van der Waals surface area contributed by atoms with Gasteiger partial charge in [-0.3, -0.25) is 4.79 Å². The first-order chi connectivity index (χ1) is 8.54. The largest absolute Gasteiger partial charge is 0.479 e. The van der Waals surface area contributed by atoms with Crippen LogP contribution in [0.5, 0.6) is 5.75 Å². The Morgan fingerprint density at radius 1 is 1.37 bits per heavy atom. The Morgan fingerprint density at radius 3 is 2.58 bits per heavy atom. The van der Waals surface area contributed by atoms with E-state index in [1.54, 1.807) is 19.1 Å². The summed E-state index contributed by atoms with van der Waals surface area (Å²) in [5, 5.41) is 6.35. The maximum Gasteiger partial charge on any atom is 0.260 e. The fourth-order valence-electron chi connectivity index (χ4n) is 1.28. The standard InChI is InChI=1S/C13H19ClN2O2.ClH/c1-9(15-3)8-16-13(17)10(2)18-12-7-5-4-6-11(12)14;/h4-7,9-10,15H,8H2,1-3H3,(H,16,17);1H. The molecule has 0 saturated heterocycles. The number of benzene rings is 1. The molecule has 0 bridgehead atoms. The third kappa shape index (κ3) is 6.14. The van der Waals surface area contributed by atoms with Crippen molar-refractivity contribution in [2.24, 2.45) is 0 Å². The first-order valence-electron chi connectivity index (χ1n) is 5.90. The topological polar surface area (TPSA) is 50.4 Å². The van der Waals surface area contributed by atoms with Crippen LogP contribution in [-0.2, 0) is 4.79 Å². The molecule has 0 spiro atoms. The van der Waals surface area contributed by atoms with Gasteiger partial charge in [0.1, 0.15) is 5.75 Å². The second-order valence-electron chi connectivity index (χ2n) is 4.13. The summed E-state index contributed by atoms with van der Waals surface area (Å²) in [5.41, 5.74) is 0. The summed E-state index contributed by atoms with van der Waals surface area (Å²) in [4.78, 5) is 11.8. The van der Waals surface area contributed by atoms with Gasteiger partial charge in [0, 0.05) is 12.6 Å². The molecule has 0 radical (unpaired) electrons. The molecule has 2 atom stereocenters. The van der Waals surface area contributed by atoms with Crippen LogP contribution in [0, 0.1) is 0 Å². The molecule has 0 saturated carbocycles. The van der Waals surface area contributed by atoms with E-state index in [0.29, 0.717) is 17.3 Å². The van der Waals surface area contributed by atoms with Crippen molar-refractivity contribution in [1.29, 1.82) is 0 Å². The molecular weight excluding hydrogens is 287 g/mol. The van der Waals surface area contributed by atoms with Crippen molar-refractivity contribution >= 4 is 29.9 Å². The molecule has 0 aliphatic carbocycles. The summed E-state index contributed by atoms with van der Waals surface area (Å²) in [6.07, 6.45) is -0.575. The molecule has 0 fully saturated rings. The minimum atomic E-state index is -0.575. The smallest absolute Gasteiger partial charge is 0.260 e. The third-order valence-electron chi connectivity index (χ3n) is 2.58. The highest BCUT2D eigenvalue weighted by atomic mass is 35.5. The van der Waals surface area contributed by atoms with Crippen molar-refractivity contribution in [3.63, 3.8) is 0 Å². The Balaban J connectivity index is 0.00000324. The summed E-state index contributed by atoms with van der Waals surface area (Å²) in [5.74, 6) is 0.362. The number of hydrogen-bond acceptors (Lipinski definition) is 3. The lowest BCUT2D eigenvalue weighted by atomic mass is 10.3. The molecule has 1 aromatic carbocycles. The van der Waals surface area contributed by atoms with Crippen LogP contribution in [0.25, 0.3) is 0 Å². The van der Waals surface area contributed by atoms with Crippen molar-refractivity contribution in [3.8, 4) is 5.75 Å². The number of hydrogen-bond donors (Lipinski definition) is 2. The number of nitrogens with one attached hydrogen (secondary N) is 2. The molecule has 1 rings (SSSR count). The number of carbonyl (C=O) groups is 1. The molecule has 1 aromatic rings. The van der Waals surface area contributed by atoms with E-state index < -0.39 is 6.10 Å². The monoisotopic (exact) mass is 306 g/mol. The van der Waals surface area contributed by atoms with E-state index in [0.717, 1.165) is 0 Å². The first-order valence-corrected chi connectivity index (χ1v) is 6.28. The molecule has 0 aromatic heterocycles. The molecule has 0 aliphatic heterocycles. The molecule has 108 valence electrons. The highest BCUT2D eigenvalue weighted by Crippen LogP contribution is 2.24. The molecular formula is C13H20Cl2N2O2. The lowest BCUT2D eigenvalue weighted by molar-refractivity contribution is -0.127. The Kier molecular flexibility index (Phi) is 8.56. The zero-order valence-corrected chi connectivity index (χ0v) is 12.8. The lowest BCUT2D eigenvalue weighted by Crippen LogP contribution is -2.42. The Morgan fingerprint density at radius 2 is 2.00 bits per heavy atom. The maximum atomic E-state index is 11.8. The van der Waals surface area contributed by atoms with E-state index in [9.17, 15) is 4.79 Å². The lowest BCUT2D eigenvalue weighted by Gasteiger charge is -2.17. The SMILES string of the molecule is CNC(C)CNC(=O)C(C)Oc1ccccc1Cl.Cl. The second-order valence-corrected chi connectivity index (χ2v) is 4.53. The molecule has 6 heteroatoms. The minimum absolute atomic E-state index is 0. The number of halogens is 2. The van der Waals surface area contributed by atoms with Crippen LogP contribution in [0.3, 0.4) is 0 Å². The third-order valence-corrected chi connectivity index (χ3v) is 2.90. The second kappa shape index (κ2) is 9.02. The highest BCUT2D eigenvalue weighted by Gasteiger charge is 2.15. The van der Waals surface area contributed by atoms with E-state index in [1.165, 1.54) is 0 Å². The van der Waals surface area contributed by atoms with Gasteiger partial charge < -0.3 is 15.4 Å². The van der Waals surface area contributed by atoms with Gasteiger partial charge in [-0.1, -0.05) is 23.7 Å². The fourth-order valence-corrected chi connectivity index (χ4v) is 1.46. The van der Waals surface area contributed by atoms with E-state index in [2.05, 4.69) is 10.6 Å². The summed E-state index contributed by atoms with van der Waals surface area (Å²) in [6, 6.07) is 7.32. The summed E-state index contributed by atoms with van der Waals surface area (Å²) in [7, 11) is 1.85. The summed E-state index contributed by atoms with van der Waals surface area (Å²) in [6.45, 7) is 4.24. The highest BCUT2D eigenvalue weighted by molar-refractivity contribution is 6.32. The Hall–Kier alpha value is -0.970. The van der Waals surface area contributed by atoms with Gasteiger partial charge in [0.25, 0.3) is 5.91 Å². The molecule has 2 N–H and O–H groups in total. The van der Waals surface area contributed by atoms with Crippen LogP contribution < -0.4 is 15.4 Å². The van der Waals surface area contributed by atoms with E-state index in [4.69, 9.17) is 16.3 Å². The van der Waals surface area contributed by atoms with Crippen molar-refractivity contribution in [1.82, 2.24) is 10.6 Å². The number of carbonyl (C=O) groups excluding carboxylic acids is 1.